The summed E-state index contributed by atoms with van der Waals surface area (Å²) in [5, 5.41) is 3.12. The average Bonchev–Trinajstić information content (AvgIpc) is 2.33. The molecule has 1 aliphatic rings. The Morgan fingerprint density at radius 1 is 1.25 bits per heavy atom. The van der Waals surface area contributed by atoms with Crippen LogP contribution >= 0.6 is 0 Å². The minimum Gasteiger partial charge on any atom is -0.370 e. The van der Waals surface area contributed by atoms with Gasteiger partial charge in [0.05, 0.1) is 5.69 Å². The summed E-state index contributed by atoms with van der Waals surface area (Å²) in [7, 11) is 8.15. The third kappa shape index (κ3) is 2.81. The molecule has 4 heteroatoms. The van der Waals surface area contributed by atoms with Gasteiger partial charge in [-0.3, -0.25) is 0 Å². The van der Waals surface area contributed by atoms with E-state index in [1.165, 1.54) is 19.3 Å². The predicted octanol–water partition coefficient (Wildman–Crippen LogP) is 2.47. The van der Waals surface area contributed by atoms with Gasteiger partial charge in [-0.05, 0) is 52.0 Å². The van der Waals surface area contributed by atoms with E-state index in [1.807, 2.05) is 20.2 Å². The van der Waals surface area contributed by atoms with Gasteiger partial charge in [-0.15, -0.1) is 0 Å². The second-order valence-corrected chi connectivity index (χ2v) is 6.11. The summed E-state index contributed by atoms with van der Waals surface area (Å²) in [6, 6.07) is 5.33. The molecule has 0 atom stereocenters. The highest BCUT2D eigenvalue weighted by molar-refractivity contribution is 5.54. The van der Waals surface area contributed by atoms with Crippen LogP contribution in [0.4, 0.5) is 10.1 Å². The lowest BCUT2D eigenvalue weighted by molar-refractivity contribution is 0.0681. The van der Waals surface area contributed by atoms with Crippen LogP contribution in [0, 0.1) is 5.82 Å². The first-order valence-corrected chi connectivity index (χ1v) is 7.31. The largest absolute Gasteiger partial charge is 0.370 e. The Labute approximate surface area is 121 Å². The molecule has 1 N–H and O–H groups in total. The van der Waals surface area contributed by atoms with Gasteiger partial charge in [0.2, 0.25) is 0 Å². The number of hydrogen-bond acceptors (Lipinski definition) is 3. The molecular formula is C16H26FN3. The molecule has 20 heavy (non-hydrogen) atoms. The van der Waals surface area contributed by atoms with Gasteiger partial charge in [0.1, 0.15) is 5.82 Å². The number of halogens is 1. The number of rotatable bonds is 6. The van der Waals surface area contributed by atoms with Gasteiger partial charge in [-0.25, -0.2) is 4.39 Å². The molecule has 0 bridgehead atoms. The third-order valence-corrected chi connectivity index (χ3v) is 4.58. The van der Waals surface area contributed by atoms with E-state index in [0.29, 0.717) is 6.54 Å². The zero-order valence-electron chi connectivity index (χ0n) is 13.0. The first-order valence-electron chi connectivity index (χ1n) is 7.31. The maximum absolute atomic E-state index is 14.2. The minimum absolute atomic E-state index is 0.131. The minimum atomic E-state index is -0.131. The maximum Gasteiger partial charge on any atom is 0.146 e. The van der Waals surface area contributed by atoms with Gasteiger partial charge in [-0.2, -0.15) is 0 Å². The first-order chi connectivity index (χ1) is 9.50. The summed E-state index contributed by atoms with van der Waals surface area (Å²) in [5.74, 6) is -0.131. The molecule has 0 spiro atoms. The zero-order valence-corrected chi connectivity index (χ0v) is 13.0. The highest BCUT2D eigenvalue weighted by Crippen LogP contribution is 2.38. The molecule has 1 aromatic carbocycles. The van der Waals surface area contributed by atoms with E-state index in [-0.39, 0.29) is 11.4 Å². The first kappa shape index (κ1) is 15.3. The summed E-state index contributed by atoms with van der Waals surface area (Å²) < 4.78 is 14.2. The molecule has 0 aliphatic heterocycles. The Hall–Kier alpha value is -1.13. The lowest BCUT2D eigenvalue weighted by Gasteiger charge is -2.49. The second-order valence-electron chi connectivity index (χ2n) is 6.11. The Bertz CT molecular complexity index is 455. The van der Waals surface area contributed by atoms with Gasteiger partial charge in [-0.1, -0.05) is 12.1 Å². The quantitative estimate of drug-likeness (QED) is 0.863. The molecule has 1 saturated carbocycles. The van der Waals surface area contributed by atoms with Crippen molar-refractivity contribution < 1.29 is 4.39 Å². The Morgan fingerprint density at radius 3 is 2.45 bits per heavy atom. The van der Waals surface area contributed by atoms with Gasteiger partial charge in [0, 0.05) is 25.7 Å². The van der Waals surface area contributed by atoms with Gasteiger partial charge in [0.15, 0.2) is 0 Å². The van der Waals surface area contributed by atoms with Crippen molar-refractivity contribution in [2.24, 2.45) is 0 Å². The van der Waals surface area contributed by atoms with Crippen molar-refractivity contribution in [3.05, 3.63) is 29.6 Å². The van der Waals surface area contributed by atoms with Crippen molar-refractivity contribution >= 4 is 5.69 Å². The standard InChI is InChI=1S/C16H26FN3/c1-18-11-13-7-5-8-14(17)15(13)20(4)12-16(19(2)3)9-6-10-16/h5,7-8,18H,6,9-12H2,1-4H3. The lowest BCUT2D eigenvalue weighted by Crippen LogP contribution is -2.57. The Morgan fingerprint density at radius 2 is 1.95 bits per heavy atom. The third-order valence-electron chi connectivity index (χ3n) is 4.58. The van der Waals surface area contributed by atoms with E-state index in [0.717, 1.165) is 17.8 Å². The molecule has 0 heterocycles. The summed E-state index contributed by atoms with van der Waals surface area (Å²) in [5.41, 5.74) is 1.95. The van der Waals surface area contributed by atoms with Crippen LogP contribution in [-0.4, -0.2) is 45.2 Å². The van der Waals surface area contributed by atoms with Gasteiger partial charge < -0.3 is 15.1 Å². The number of benzene rings is 1. The van der Waals surface area contributed by atoms with Crippen molar-refractivity contribution in [3.63, 3.8) is 0 Å². The van der Waals surface area contributed by atoms with Crippen molar-refractivity contribution in [1.82, 2.24) is 10.2 Å². The molecule has 112 valence electrons. The van der Waals surface area contributed by atoms with Crippen LogP contribution in [0.5, 0.6) is 0 Å². The molecular weight excluding hydrogens is 253 g/mol. The fourth-order valence-electron chi connectivity index (χ4n) is 3.17. The summed E-state index contributed by atoms with van der Waals surface area (Å²) >= 11 is 0. The monoisotopic (exact) mass is 279 g/mol. The van der Waals surface area contributed by atoms with E-state index >= 15 is 0 Å². The number of anilines is 1. The summed E-state index contributed by atoms with van der Waals surface area (Å²) in [6.07, 6.45) is 3.66. The van der Waals surface area contributed by atoms with E-state index < -0.39 is 0 Å². The second kappa shape index (κ2) is 6.10. The maximum atomic E-state index is 14.2. The molecule has 0 unspecified atom stereocenters. The number of para-hydroxylation sites is 1. The van der Waals surface area contributed by atoms with E-state index in [1.54, 1.807) is 12.1 Å². The fourth-order valence-corrected chi connectivity index (χ4v) is 3.17. The lowest BCUT2D eigenvalue weighted by atomic mass is 9.75. The highest BCUT2D eigenvalue weighted by Gasteiger charge is 2.40. The Kier molecular flexibility index (Phi) is 4.66. The molecule has 1 fully saturated rings. The van der Waals surface area contributed by atoms with Crippen LogP contribution in [0.2, 0.25) is 0 Å². The smallest absolute Gasteiger partial charge is 0.146 e. The number of hydrogen-bond donors (Lipinski definition) is 1. The molecule has 0 amide bonds. The summed E-state index contributed by atoms with van der Waals surface area (Å²) in [6.45, 7) is 1.56. The molecule has 1 aromatic rings. The van der Waals surface area contributed by atoms with Crippen LogP contribution in [0.25, 0.3) is 0 Å². The molecule has 0 aromatic heterocycles. The normalized spacial score (nSPS) is 17.1. The fraction of sp³-hybridized carbons (Fsp3) is 0.625. The van der Waals surface area contributed by atoms with Crippen molar-refractivity contribution in [2.75, 3.05) is 39.6 Å². The van der Waals surface area contributed by atoms with E-state index in [4.69, 9.17) is 0 Å². The zero-order chi connectivity index (χ0) is 14.8. The topological polar surface area (TPSA) is 18.5 Å². The number of likely N-dealkylation sites (N-methyl/N-ethyl adjacent to an activating group) is 2. The molecule has 1 aliphatic carbocycles. The van der Waals surface area contributed by atoms with Crippen LogP contribution in [0.1, 0.15) is 24.8 Å². The van der Waals surface area contributed by atoms with E-state index in [2.05, 4.69) is 29.2 Å². The molecule has 0 saturated heterocycles. The molecule has 0 radical (unpaired) electrons. The number of nitrogens with zero attached hydrogens (tertiary/aromatic N) is 2. The van der Waals surface area contributed by atoms with Crippen LogP contribution in [0.15, 0.2) is 18.2 Å². The van der Waals surface area contributed by atoms with Crippen LogP contribution in [-0.2, 0) is 6.54 Å². The average molecular weight is 279 g/mol. The predicted molar refractivity (Wildman–Crippen MR) is 82.7 cm³/mol. The molecule has 3 nitrogen and oxygen atoms in total. The van der Waals surface area contributed by atoms with E-state index in [9.17, 15) is 4.39 Å². The van der Waals surface area contributed by atoms with Crippen molar-refractivity contribution in [3.8, 4) is 0 Å². The van der Waals surface area contributed by atoms with Crippen molar-refractivity contribution in [1.29, 1.82) is 0 Å². The van der Waals surface area contributed by atoms with Crippen LogP contribution in [0.3, 0.4) is 0 Å². The number of nitrogens with one attached hydrogen (secondary N) is 1. The van der Waals surface area contributed by atoms with Crippen LogP contribution < -0.4 is 10.2 Å². The van der Waals surface area contributed by atoms with Gasteiger partial charge in [0.25, 0.3) is 0 Å². The summed E-state index contributed by atoms with van der Waals surface area (Å²) in [4.78, 5) is 4.38. The SMILES string of the molecule is CNCc1cccc(F)c1N(C)CC1(N(C)C)CCC1. The van der Waals surface area contributed by atoms with Gasteiger partial charge >= 0.3 is 0 Å². The Balaban J connectivity index is 2.22. The van der Waals surface area contributed by atoms with Crippen molar-refractivity contribution in [2.45, 2.75) is 31.3 Å². The molecule has 2 rings (SSSR count). The highest BCUT2D eigenvalue weighted by atomic mass is 19.1.